The maximum absolute atomic E-state index is 10.9. The molecule has 0 bridgehead atoms. The van der Waals surface area contributed by atoms with Gasteiger partial charge in [-0.2, -0.15) is 0 Å². The first-order chi connectivity index (χ1) is 7.63. The van der Waals surface area contributed by atoms with Gasteiger partial charge in [-0.15, -0.1) is 0 Å². The van der Waals surface area contributed by atoms with Crippen molar-refractivity contribution >= 4 is 11.6 Å². The van der Waals surface area contributed by atoms with Gasteiger partial charge in [-0.25, -0.2) is 0 Å². The molecule has 0 saturated heterocycles. The van der Waals surface area contributed by atoms with E-state index in [-0.39, 0.29) is 18.6 Å². The summed E-state index contributed by atoms with van der Waals surface area (Å²) in [6.07, 6.45) is 0. The number of anilines is 1. The predicted molar refractivity (Wildman–Crippen MR) is 64.2 cm³/mol. The number of rotatable bonds is 5. The van der Waals surface area contributed by atoms with Gasteiger partial charge in [0.2, 0.25) is 5.91 Å². The number of hydrogen-bond acceptors (Lipinski definition) is 3. The fourth-order valence-corrected chi connectivity index (χ4v) is 1.49. The summed E-state index contributed by atoms with van der Waals surface area (Å²) in [5.41, 5.74) is 1.88. The summed E-state index contributed by atoms with van der Waals surface area (Å²) in [7, 11) is 0. The van der Waals surface area contributed by atoms with E-state index < -0.39 is 0 Å². The number of benzene rings is 1. The smallest absolute Gasteiger partial charge is 0.221 e. The quantitative estimate of drug-likeness (QED) is 0.703. The molecule has 1 atom stereocenters. The van der Waals surface area contributed by atoms with Crippen molar-refractivity contribution in [2.45, 2.75) is 19.9 Å². The lowest BCUT2D eigenvalue weighted by molar-refractivity contribution is -0.114. The number of hydrogen-bond donors (Lipinski definition) is 3. The van der Waals surface area contributed by atoms with Gasteiger partial charge in [0.1, 0.15) is 0 Å². The molecule has 0 aliphatic heterocycles. The van der Waals surface area contributed by atoms with E-state index in [0.29, 0.717) is 6.54 Å². The van der Waals surface area contributed by atoms with Gasteiger partial charge in [0.25, 0.3) is 0 Å². The van der Waals surface area contributed by atoms with Crippen LogP contribution in [0.1, 0.15) is 25.5 Å². The van der Waals surface area contributed by atoms with Crippen molar-refractivity contribution in [3.8, 4) is 0 Å². The SMILES string of the molecule is CC(=O)Nc1cccc(C(C)NCCO)c1. The molecule has 1 aromatic carbocycles. The lowest BCUT2D eigenvalue weighted by atomic mass is 10.1. The molecule has 3 N–H and O–H groups in total. The molecule has 1 unspecified atom stereocenters. The minimum atomic E-state index is -0.0758. The third kappa shape index (κ3) is 4.00. The average Bonchev–Trinajstić information content (AvgIpc) is 2.25. The van der Waals surface area contributed by atoms with E-state index in [1.165, 1.54) is 6.92 Å². The van der Waals surface area contributed by atoms with E-state index >= 15 is 0 Å². The third-order valence-electron chi connectivity index (χ3n) is 2.27. The number of carbonyl (C=O) groups is 1. The minimum Gasteiger partial charge on any atom is -0.395 e. The van der Waals surface area contributed by atoms with Gasteiger partial charge in [0, 0.05) is 25.2 Å². The van der Waals surface area contributed by atoms with Crippen molar-refractivity contribution in [3.05, 3.63) is 29.8 Å². The number of aliphatic hydroxyl groups is 1. The van der Waals surface area contributed by atoms with Crippen LogP contribution in [0.4, 0.5) is 5.69 Å². The van der Waals surface area contributed by atoms with Gasteiger partial charge in [0.05, 0.1) is 6.61 Å². The third-order valence-corrected chi connectivity index (χ3v) is 2.27. The highest BCUT2D eigenvalue weighted by molar-refractivity contribution is 5.88. The normalized spacial score (nSPS) is 12.2. The highest BCUT2D eigenvalue weighted by Crippen LogP contribution is 2.17. The number of carbonyl (C=O) groups excluding carboxylic acids is 1. The highest BCUT2D eigenvalue weighted by atomic mass is 16.3. The summed E-state index contributed by atoms with van der Waals surface area (Å²) < 4.78 is 0. The predicted octanol–water partition coefficient (Wildman–Crippen LogP) is 1.29. The summed E-state index contributed by atoms with van der Waals surface area (Å²) in [6, 6.07) is 7.82. The van der Waals surface area contributed by atoms with Crippen LogP contribution in [0.5, 0.6) is 0 Å². The minimum absolute atomic E-state index is 0.0758. The van der Waals surface area contributed by atoms with E-state index in [1.807, 2.05) is 31.2 Å². The van der Waals surface area contributed by atoms with Gasteiger partial charge in [-0.3, -0.25) is 4.79 Å². The molecule has 4 heteroatoms. The van der Waals surface area contributed by atoms with Gasteiger partial charge >= 0.3 is 0 Å². The molecule has 0 fully saturated rings. The Labute approximate surface area is 95.7 Å². The molecule has 1 amide bonds. The highest BCUT2D eigenvalue weighted by Gasteiger charge is 2.05. The fourth-order valence-electron chi connectivity index (χ4n) is 1.49. The van der Waals surface area contributed by atoms with Gasteiger partial charge in [-0.1, -0.05) is 12.1 Å². The standard InChI is InChI=1S/C12H18N2O2/c1-9(13-6-7-15)11-4-3-5-12(8-11)14-10(2)16/h3-5,8-9,13,15H,6-7H2,1-2H3,(H,14,16). The maximum Gasteiger partial charge on any atom is 0.221 e. The molecule has 0 spiro atoms. The Morgan fingerprint density at radius 3 is 2.88 bits per heavy atom. The first-order valence-corrected chi connectivity index (χ1v) is 5.35. The van der Waals surface area contributed by atoms with E-state index in [1.54, 1.807) is 0 Å². The monoisotopic (exact) mass is 222 g/mol. The second kappa shape index (κ2) is 6.25. The summed E-state index contributed by atoms with van der Waals surface area (Å²) in [6.45, 7) is 4.18. The second-order valence-corrected chi connectivity index (χ2v) is 3.71. The van der Waals surface area contributed by atoms with Crippen LogP contribution >= 0.6 is 0 Å². The molecule has 0 saturated carbocycles. The zero-order chi connectivity index (χ0) is 12.0. The largest absolute Gasteiger partial charge is 0.395 e. The second-order valence-electron chi connectivity index (χ2n) is 3.71. The molecule has 16 heavy (non-hydrogen) atoms. The molecular formula is C12H18N2O2. The van der Waals surface area contributed by atoms with Crippen LogP contribution in [0.3, 0.4) is 0 Å². The average molecular weight is 222 g/mol. The topological polar surface area (TPSA) is 61.4 Å². The lowest BCUT2D eigenvalue weighted by Crippen LogP contribution is -2.22. The van der Waals surface area contributed by atoms with Crippen LogP contribution in [-0.2, 0) is 4.79 Å². The summed E-state index contributed by atoms with van der Waals surface area (Å²) >= 11 is 0. The molecular weight excluding hydrogens is 204 g/mol. The fraction of sp³-hybridized carbons (Fsp3) is 0.417. The molecule has 4 nitrogen and oxygen atoms in total. The molecule has 0 aliphatic rings. The summed E-state index contributed by atoms with van der Waals surface area (Å²) in [4.78, 5) is 10.9. The van der Waals surface area contributed by atoms with Crippen molar-refractivity contribution in [1.82, 2.24) is 5.32 Å². The summed E-state index contributed by atoms with van der Waals surface area (Å²) in [5.74, 6) is -0.0758. The van der Waals surface area contributed by atoms with E-state index in [9.17, 15) is 4.79 Å². The zero-order valence-electron chi connectivity index (χ0n) is 9.66. The van der Waals surface area contributed by atoms with Crippen LogP contribution in [0.15, 0.2) is 24.3 Å². The van der Waals surface area contributed by atoms with E-state index in [2.05, 4.69) is 10.6 Å². The van der Waals surface area contributed by atoms with Crippen LogP contribution in [-0.4, -0.2) is 24.2 Å². The Balaban J connectivity index is 2.69. The van der Waals surface area contributed by atoms with Gasteiger partial charge in [0.15, 0.2) is 0 Å². The molecule has 1 rings (SSSR count). The Hall–Kier alpha value is -1.39. The number of nitrogens with one attached hydrogen (secondary N) is 2. The molecule has 0 radical (unpaired) electrons. The number of aliphatic hydroxyl groups excluding tert-OH is 1. The first kappa shape index (κ1) is 12.7. The van der Waals surface area contributed by atoms with Crippen molar-refractivity contribution in [2.24, 2.45) is 0 Å². The first-order valence-electron chi connectivity index (χ1n) is 5.35. The van der Waals surface area contributed by atoms with E-state index in [4.69, 9.17) is 5.11 Å². The molecule has 0 aliphatic carbocycles. The van der Waals surface area contributed by atoms with Crippen LogP contribution in [0, 0.1) is 0 Å². The summed E-state index contributed by atoms with van der Waals surface area (Å²) in [5, 5.41) is 14.6. The molecule has 0 heterocycles. The lowest BCUT2D eigenvalue weighted by Gasteiger charge is -2.14. The van der Waals surface area contributed by atoms with Gasteiger partial charge in [-0.05, 0) is 24.6 Å². The van der Waals surface area contributed by atoms with Crippen LogP contribution in [0.25, 0.3) is 0 Å². The molecule has 88 valence electrons. The maximum atomic E-state index is 10.9. The molecule has 0 aromatic heterocycles. The zero-order valence-corrected chi connectivity index (χ0v) is 9.66. The Bertz CT molecular complexity index is 353. The van der Waals surface area contributed by atoms with Crippen molar-refractivity contribution in [2.75, 3.05) is 18.5 Å². The van der Waals surface area contributed by atoms with E-state index in [0.717, 1.165) is 11.3 Å². The van der Waals surface area contributed by atoms with Crippen molar-refractivity contribution in [1.29, 1.82) is 0 Å². The van der Waals surface area contributed by atoms with Crippen molar-refractivity contribution in [3.63, 3.8) is 0 Å². The van der Waals surface area contributed by atoms with Crippen molar-refractivity contribution < 1.29 is 9.90 Å². The van der Waals surface area contributed by atoms with Crippen LogP contribution < -0.4 is 10.6 Å². The Morgan fingerprint density at radius 2 is 2.25 bits per heavy atom. The van der Waals surface area contributed by atoms with Gasteiger partial charge < -0.3 is 15.7 Å². The Kier molecular flexibility index (Phi) is 4.95. The number of amides is 1. The molecule has 1 aromatic rings. The van der Waals surface area contributed by atoms with Crippen LogP contribution in [0.2, 0.25) is 0 Å². The Morgan fingerprint density at radius 1 is 1.50 bits per heavy atom.